The van der Waals surface area contributed by atoms with Crippen molar-refractivity contribution >= 4 is 17.0 Å². The molecule has 22 heavy (non-hydrogen) atoms. The molecule has 0 amide bonds. The molecule has 3 heterocycles. The molecule has 0 aliphatic rings. The zero-order valence-electron chi connectivity index (χ0n) is 12.2. The Morgan fingerprint density at radius 1 is 1.41 bits per heavy atom. The number of aromatic nitrogens is 4. The standard InChI is InChI=1S/C14H17N6O2/c1-17-9-10-18(11-17)7-4-6-15-14-13(20(21)22)12-5-2-3-8-19(12)16-14/h2-3,5,8-11H,4,6-7H2,1H3,(H,15,16)/q+1. The highest BCUT2D eigenvalue weighted by Gasteiger charge is 2.22. The van der Waals surface area contributed by atoms with Gasteiger partial charge >= 0.3 is 5.69 Å². The summed E-state index contributed by atoms with van der Waals surface area (Å²) in [6.45, 7) is 1.46. The molecular weight excluding hydrogens is 284 g/mol. The summed E-state index contributed by atoms with van der Waals surface area (Å²) in [7, 11) is 1.97. The summed E-state index contributed by atoms with van der Waals surface area (Å²) in [4.78, 5) is 10.9. The second-order valence-electron chi connectivity index (χ2n) is 5.08. The topological polar surface area (TPSA) is 81.3 Å². The number of aryl methyl sites for hydroxylation is 2. The van der Waals surface area contributed by atoms with Gasteiger partial charge in [0.15, 0.2) is 0 Å². The number of rotatable bonds is 6. The van der Waals surface area contributed by atoms with Gasteiger partial charge in [-0.1, -0.05) is 6.07 Å². The lowest BCUT2D eigenvalue weighted by Gasteiger charge is -2.01. The third kappa shape index (κ3) is 2.76. The van der Waals surface area contributed by atoms with Crippen molar-refractivity contribution < 1.29 is 9.49 Å². The molecule has 114 valence electrons. The highest BCUT2D eigenvalue weighted by Crippen LogP contribution is 2.28. The van der Waals surface area contributed by atoms with Gasteiger partial charge in [-0.15, -0.1) is 5.10 Å². The summed E-state index contributed by atoms with van der Waals surface area (Å²) < 4.78 is 5.56. The van der Waals surface area contributed by atoms with Crippen molar-refractivity contribution in [3.05, 3.63) is 53.2 Å². The van der Waals surface area contributed by atoms with Crippen LogP contribution in [-0.4, -0.2) is 25.6 Å². The summed E-state index contributed by atoms with van der Waals surface area (Å²) >= 11 is 0. The van der Waals surface area contributed by atoms with Crippen molar-refractivity contribution in [2.75, 3.05) is 11.9 Å². The molecule has 0 saturated carbocycles. The van der Waals surface area contributed by atoms with E-state index in [-0.39, 0.29) is 5.69 Å². The summed E-state index contributed by atoms with van der Waals surface area (Å²) in [5.74, 6) is 0.314. The Bertz CT molecular complexity index is 807. The molecule has 0 aliphatic carbocycles. The highest BCUT2D eigenvalue weighted by molar-refractivity contribution is 5.76. The van der Waals surface area contributed by atoms with Crippen molar-refractivity contribution in [3.63, 3.8) is 0 Å². The van der Waals surface area contributed by atoms with Crippen LogP contribution in [0, 0.1) is 10.1 Å². The number of nitro groups is 1. The normalized spacial score (nSPS) is 11.0. The van der Waals surface area contributed by atoms with Gasteiger partial charge in [0.2, 0.25) is 12.1 Å². The molecule has 0 bridgehead atoms. The number of hydrogen-bond acceptors (Lipinski definition) is 4. The third-order valence-electron chi connectivity index (χ3n) is 3.41. The van der Waals surface area contributed by atoms with E-state index >= 15 is 0 Å². The first-order valence-corrected chi connectivity index (χ1v) is 7.02. The Labute approximate surface area is 126 Å². The Balaban J connectivity index is 1.68. The lowest BCUT2D eigenvalue weighted by molar-refractivity contribution is -0.671. The molecule has 1 N–H and O–H groups in total. The number of pyridine rings is 1. The van der Waals surface area contributed by atoms with E-state index in [1.807, 2.05) is 30.3 Å². The van der Waals surface area contributed by atoms with Crippen molar-refractivity contribution in [1.82, 2.24) is 14.2 Å². The fraction of sp³-hybridized carbons (Fsp3) is 0.286. The molecule has 0 saturated heterocycles. The lowest BCUT2D eigenvalue weighted by atomic mass is 10.3. The Morgan fingerprint density at radius 2 is 2.27 bits per heavy atom. The van der Waals surface area contributed by atoms with E-state index in [2.05, 4.69) is 15.0 Å². The average molecular weight is 301 g/mol. The first-order valence-electron chi connectivity index (χ1n) is 7.02. The molecule has 3 aromatic heterocycles. The maximum absolute atomic E-state index is 11.3. The SMILES string of the molecule is C[n+]1ccn(CCCNc2nn3ccccc3c2[N+](=O)[O-])c1. The minimum absolute atomic E-state index is 0.0213. The van der Waals surface area contributed by atoms with Crippen molar-refractivity contribution in [2.45, 2.75) is 13.0 Å². The molecule has 0 atom stereocenters. The van der Waals surface area contributed by atoms with Crippen LogP contribution in [-0.2, 0) is 13.6 Å². The van der Waals surface area contributed by atoms with Crippen molar-refractivity contribution in [3.8, 4) is 0 Å². The van der Waals surface area contributed by atoms with Gasteiger partial charge in [0.25, 0.3) is 0 Å². The fourth-order valence-corrected chi connectivity index (χ4v) is 2.39. The summed E-state index contributed by atoms with van der Waals surface area (Å²) in [5.41, 5.74) is 0.514. The zero-order chi connectivity index (χ0) is 15.5. The highest BCUT2D eigenvalue weighted by atomic mass is 16.6. The number of fused-ring (bicyclic) bond motifs is 1. The quantitative estimate of drug-likeness (QED) is 0.323. The lowest BCUT2D eigenvalue weighted by Crippen LogP contribution is -2.23. The summed E-state index contributed by atoms with van der Waals surface area (Å²) in [5, 5.41) is 18.6. The van der Waals surface area contributed by atoms with Crippen LogP contribution in [0.3, 0.4) is 0 Å². The van der Waals surface area contributed by atoms with E-state index in [9.17, 15) is 10.1 Å². The second kappa shape index (κ2) is 5.84. The van der Waals surface area contributed by atoms with Crippen LogP contribution in [0.2, 0.25) is 0 Å². The van der Waals surface area contributed by atoms with Gasteiger partial charge in [0, 0.05) is 19.2 Å². The van der Waals surface area contributed by atoms with E-state index < -0.39 is 4.92 Å². The maximum atomic E-state index is 11.3. The van der Waals surface area contributed by atoms with Gasteiger partial charge in [-0.2, -0.15) is 0 Å². The predicted octanol–water partition coefficient (Wildman–Crippen LogP) is 1.37. The van der Waals surface area contributed by atoms with Crippen LogP contribution in [0.5, 0.6) is 0 Å². The number of imidazole rings is 1. The fourth-order valence-electron chi connectivity index (χ4n) is 2.39. The first-order chi connectivity index (χ1) is 10.6. The van der Waals surface area contributed by atoms with Crippen LogP contribution >= 0.6 is 0 Å². The van der Waals surface area contributed by atoms with Gasteiger partial charge in [-0.05, 0) is 12.1 Å². The summed E-state index contributed by atoms with van der Waals surface area (Å²) in [6.07, 6.45) is 8.51. The molecule has 0 spiro atoms. The molecule has 0 fully saturated rings. The van der Waals surface area contributed by atoms with Gasteiger partial charge in [0.1, 0.15) is 17.9 Å². The number of nitrogens with one attached hydrogen (secondary N) is 1. The van der Waals surface area contributed by atoms with Gasteiger partial charge in [-0.25, -0.2) is 13.6 Å². The first kappa shape index (κ1) is 14.1. The van der Waals surface area contributed by atoms with Gasteiger partial charge in [-0.3, -0.25) is 10.1 Å². The van der Waals surface area contributed by atoms with Gasteiger partial charge < -0.3 is 5.32 Å². The van der Waals surface area contributed by atoms with Crippen LogP contribution in [0.4, 0.5) is 11.5 Å². The maximum Gasteiger partial charge on any atom is 0.338 e. The van der Waals surface area contributed by atoms with Crippen LogP contribution < -0.4 is 9.88 Å². The van der Waals surface area contributed by atoms with Crippen molar-refractivity contribution in [1.29, 1.82) is 0 Å². The predicted molar refractivity (Wildman–Crippen MR) is 80.6 cm³/mol. The molecule has 0 unspecified atom stereocenters. The van der Waals surface area contributed by atoms with Crippen LogP contribution in [0.1, 0.15) is 6.42 Å². The molecule has 0 aliphatic heterocycles. The Morgan fingerprint density at radius 3 is 3.00 bits per heavy atom. The van der Waals surface area contributed by atoms with Crippen LogP contribution in [0.25, 0.3) is 5.52 Å². The molecule has 8 heteroatoms. The molecule has 3 aromatic rings. The molecule has 8 nitrogen and oxygen atoms in total. The van der Waals surface area contributed by atoms with Crippen molar-refractivity contribution in [2.24, 2.45) is 7.05 Å². The molecule has 3 rings (SSSR count). The Hall–Kier alpha value is -2.90. The van der Waals surface area contributed by atoms with E-state index in [4.69, 9.17) is 0 Å². The van der Waals surface area contributed by atoms with Gasteiger partial charge in [0.05, 0.1) is 18.5 Å². The van der Waals surface area contributed by atoms with E-state index in [0.29, 0.717) is 17.9 Å². The summed E-state index contributed by atoms with van der Waals surface area (Å²) in [6, 6.07) is 5.25. The molecular formula is C14H17N6O2+. The number of nitrogens with zero attached hydrogens (tertiary/aromatic N) is 5. The third-order valence-corrected chi connectivity index (χ3v) is 3.41. The molecule has 0 radical (unpaired) electrons. The van der Waals surface area contributed by atoms with E-state index in [0.717, 1.165) is 13.0 Å². The largest absolute Gasteiger partial charge is 0.363 e. The smallest absolute Gasteiger partial charge is 0.338 e. The minimum Gasteiger partial charge on any atom is -0.363 e. The average Bonchev–Trinajstić information content (AvgIpc) is 3.06. The minimum atomic E-state index is -0.392. The van der Waals surface area contributed by atoms with E-state index in [1.54, 1.807) is 24.4 Å². The van der Waals surface area contributed by atoms with Crippen LogP contribution in [0.15, 0.2) is 43.1 Å². The molecule has 0 aromatic carbocycles. The Kier molecular flexibility index (Phi) is 3.73. The second-order valence-corrected chi connectivity index (χ2v) is 5.08. The number of hydrogen-bond donors (Lipinski definition) is 1. The zero-order valence-corrected chi connectivity index (χ0v) is 12.2. The monoisotopic (exact) mass is 301 g/mol. The number of anilines is 1. The van der Waals surface area contributed by atoms with E-state index in [1.165, 1.54) is 4.52 Å².